The van der Waals surface area contributed by atoms with Crippen molar-refractivity contribution in [3.63, 3.8) is 0 Å². The van der Waals surface area contributed by atoms with Gasteiger partial charge < -0.3 is 10.0 Å². The largest absolute Gasteiger partial charge is 0.478 e. The molecule has 0 radical (unpaired) electrons. The summed E-state index contributed by atoms with van der Waals surface area (Å²) in [7, 11) is 0. The number of carboxylic acids is 1. The van der Waals surface area contributed by atoms with Gasteiger partial charge in [-0.25, -0.2) is 4.79 Å². The molecule has 1 N–H and O–H groups in total. The fourth-order valence-electron chi connectivity index (χ4n) is 1.85. The summed E-state index contributed by atoms with van der Waals surface area (Å²) in [5.41, 5.74) is 0.796. The molecule has 120 valence electrons. The monoisotopic (exact) mass is 315 g/mol. The number of aryl methyl sites for hydroxylation is 1. The first-order chi connectivity index (χ1) is 10.2. The van der Waals surface area contributed by atoms with Gasteiger partial charge >= 0.3 is 12.1 Å². The second-order valence-corrected chi connectivity index (χ2v) is 4.68. The number of amides is 1. The molecule has 1 amide bonds. The molecule has 0 saturated carbocycles. The molecule has 0 spiro atoms. The molecule has 0 unspecified atom stereocenters. The van der Waals surface area contributed by atoms with Crippen molar-refractivity contribution in [1.29, 1.82) is 0 Å². The lowest BCUT2D eigenvalue weighted by molar-refractivity contribution is -0.160. The molecule has 22 heavy (non-hydrogen) atoms. The van der Waals surface area contributed by atoms with Crippen LogP contribution in [0, 0.1) is 0 Å². The van der Waals surface area contributed by atoms with Gasteiger partial charge in [-0.2, -0.15) is 13.2 Å². The minimum absolute atomic E-state index is 0.0870. The van der Waals surface area contributed by atoms with Crippen molar-refractivity contribution < 1.29 is 27.9 Å². The molecule has 1 aromatic carbocycles. The van der Waals surface area contributed by atoms with E-state index < -0.39 is 24.6 Å². The predicted molar refractivity (Wildman–Crippen MR) is 74.6 cm³/mol. The van der Waals surface area contributed by atoms with E-state index in [0.717, 1.165) is 0 Å². The van der Waals surface area contributed by atoms with Crippen molar-refractivity contribution in [1.82, 2.24) is 4.90 Å². The summed E-state index contributed by atoms with van der Waals surface area (Å²) in [5, 5.41) is 8.76. The Bertz CT molecular complexity index is 538. The van der Waals surface area contributed by atoms with Gasteiger partial charge in [0.25, 0.3) is 0 Å². The van der Waals surface area contributed by atoms with Crippen molar-refractivity contribution in [2.75, 3.05) is 13.1 Å². The molecule has 0 bridgehead atoms. The van der Waals surface area contributed by atoms with Crippen molar-refractivity contribution in [2.24, 2.45) is 0 Å². The van der Waals surface area contributed by atoms with Gasteiger partial charge in [-0.3, -0.25) is 4.79 Å². The van der Waals surface area contributed by atoms with Crippen LogP contribution < -0.4 is 0 Å². The summed E-state index contributed by atoms with van der Waals surface area (Å²) < 4.78 is 37.2. The van der Waals surface area contributed by atoms with Gasteiger partial charge in [0.2, 0.25) is 5.91 Å². The third-order valence-electron chi connectivity index (χ3n) is 2.90. The number of halogens is 3. The first-order valence-electron chi connectivity index (χ1n) is 6.50. The summed E-state index contributed by atoms with van der Waals surface area (Å²) >= 11 is 0. The number of alkyl halides is 3. The maximum absolute atomic E-state index is 12.4. The number of rotatable bonds is 7. The van der Waals surface area contributed by atoms with Crippen molar-refractivity contribution >= 4 is 11.9 Å². The minimum Gasteiger partial charge on any atom is -0.478 e. The lowest BCUT2D eigenvalue weighted by atomic mass is 10.1. The van der Waals surface area contributed by atoms with E-state index in [1.54, 1.807) is 12.1 Å². The zero-order chi connectivity index (χ0) is 16.8. The number of benzene rings is 1. The minimum atomic E-state index is -4.46. The van der Waals surface area contributed by atoms with Crippen molar-refractivity contribution in [3.05, 3.63) is 48.0 Å². The van der Waals surface area contributed by atoms with Crippen LogP contribution in [0.25, 0.3) is 0 Å². The Labute approximate surface area is 125 Å². The van der Waals surface area contributed by atoms with Gasteiger partial charge in [0.15, 0.2) is 0 Å². The number of hydrogen-bond donors (Lipinski definition) is 1. The van der Waals surface area contributed by atoms with E-state index in [1.165, 1.54) is 18.2 Å². The molecular weight excluding hydrogens is 299 g/mol. The Hall–Kier alpha value is -2.31. The third kappa shape index (κ3) is 5.99. The smallest absolute Gasteiger partial charge is 0.406 e. The average molecular weight is 315 g/mol. The fourth-order valence-corrected chi connectivity index (χ4v) is 1.85. The van der Waals surface area contributed by atoms with E-state index in [2.05, 4.69) is 6.58 Å². The molecule has 0 fully saturated rings. The van der Waals surface area contributed by atoms with Crippen LogP contribution in [-0.2, 0) is 11.2 Å². The highest BCUT2D eigenvalue weighted by Crippen LogP contribution is 2.17. The van der Waals surface area contributed by atoms with E-state index in [4.69, 9.17) is 5.11 Å². The SMILES string of the molecule is C=CCN(CC(F)(F)F)C(=O)CCc1ccc(C(=O)O)cc1. The lowest BCUT2D eigenvalue weighted by Gasteiger charge is -2.22. The highest BCUT2D eigenvalue weighted by molar-refractivity contribution is 5.87. The highest BCUT2D eigenvalue weighted by atomic mass is 19.4. The van der Waals surface area contributed by atoms with E-state index in [9.17, 15) is 22.8 Å². The number of carbonyl (C=O) groups is 2. The fraction of sp³-hybridized carbons (Fsp3) is 0.333. The molecule has 0 heterocycles. The van der Waals surface area contributed by atoms with E-state index in [1.807, 2.05) is 0 Å². The second-order valence-electron chi connectivity index (χ2n) is 4.68. The molecule has 4 nitrogen and oxygen atoms in total. The number of carboxylic acid groups (broad SMARTS) is 1. The van der Waals surface area contributed by atoms with Gasteiger partial charge in [-0.15, -0.1) is 6.58 Å². The predicted octanol–water partition coefficient (Wildman–Crippen LogP) is 2.89. The molecule has 1 rings (SSSR count). The molecule has 0 aromatic heterocycles. The van der Waals surface area contributed by atoms with E-state index in [-0.39, 0.29) is 24.9 Å². The Morgan fingerprint density at radius 3 is 2.27 bits per heavy atom. The van der Waals surface area contributed by atoms with Gasteiger partial charge in [-0.05, 0) is 24.1 Å². The van der Waals surface area contributed by atoms with E-state index >= 15 is 0 Å². The van der Waals surface area contributed by atoms with E-state index in [0.29, 0.717) is 10.5 Å². The van der Waals surface area contributed by atoms with Crippen LogP contribution in [-0.4, -0.2) is 41.1 Å². The van der Waals surface area contributed by atoms with Gasteiger partial charge in [0, 0.05) is 13.0 Å². The van der Waals surface area contributed by atoms with Crippen LogP contribution in [0.5, 0.6) is 0 Å². The molecule has 0 aliphatic heterocycles. The molecule has 1 aromatic rings. The summed E-state index contributed by atoms with van der Waals surface area (Å²) in [6.45, 7) is 1.86. The van der Waals surface area contributed by atoms with Gasteiger partial charge in [0.05, 0.1) is 5.56 Å². The van der Waals surface area contributed by atoms with Crippen LogP contribution in [0.15, 0.2) is 36.9 Å². The maximum atomic E-state index is 12.4. The Balaban J connectivity index is 2.62. The Kier molecular flexibility index (Phi) is 6.15. The van der Waals surface area contributed by atoms with Crippen LogP contribution in [0.2, 0.25) is 0 Å². The average Bonchev–Trinajstić information content (AvgIpc) is 2.43. The normalized spacial score (nSPS) is 11.0. The van der Waals surface area contributed by atoms with Crippen LogP contribution in [0.3, 0.4) is 0 Å². The standard InChI is InChI=1S/C15H16F3NO3/c1-2-9-19(10-15(16,17)18)13(20)8-5-11-3-6-12(7-4-11)14(21)22/h2-4,6-7H,1,5,8-10H2,(H,21,22). The Morgan fingerprint density at radius 2 is 1.82 bits per heavy atom. The molecule has 7 heteroatoms. The molecular formula is C15H16F3NO3. The first-order valence-corrected chi connectivity index (χ1v) is 6.50. The zero-order valence-corrected chi connectivity index (χ0v) is 11.8. The highest BCUT2D eigenvalue weighted by Gasteiger charge is 2.32. The number of hydrogen-bond acceptors (Lipinski definition) is 2. The van der Waals surface area contributed by atoms with Crippen LogP contribution in [0.1, 0.15) is 22.3 Å². The molecule has 0 saturated heterocycles. The van der Waals surface area contributed by atoms with Crippen LogP contribution in [0.4, 0.5) is 13.2 Å². The lowest BCUT2D eigenvalue weighted by Crippen LogP contribution is -2.39. The topological polar surface area (TPSA) is 57.6 Å². The number of aromatic carboxylic acids is 1. The molecule has 0 aliphatic carbocycles. The molecule has 0 atom stereocenters. The third-order valence-corrected chi connectivity index (χ3v) is 2.90. The summed E-state index contributed by atoms with van der Waals surface area (Å²) in [4.78, 5) is 23.2. The molecule has 0 aliphatic rings. The Morgan fingerprint density at radius 1 is 1.23 bits per heavy atom. The van der Waals surface area contributed by atoms with Gasteiger partial charge in [0.1, 0.15) is 6.54 Å². The zero-order valence-electron chi connectivity index (χ0n) is 11.8. The summed E-state index contributed by atoms with van der Waals surface area (Å²) in [6, 6.07) is 5.86. The maximum Gasteiger partial charge on any atom is 0.406 e. The van der Waals surface area contributed by atoms with Gasteiger partial charge in [-0.1, -0.05) is 18.2 Å². The number of carbonyl (C=O) groups excluding carboxylic acids is 1. The van der Waals surface area contributed by atoms with Crippen LogP contribution >= 0.6 is 0 Å². The summed E-state index contributed by atoms with van der Waals surface area (Å²) in [6.07, 6.45) is -3.06. The second kappa shape index (κ2) is 7.63. The first kappa shape index (κ1) is 17.7. The van der Waals surface area contributed by atoms with Crippen molar-refractivity contribution in [3.8, 4) is 0 Å². The quantitative estimate of drug-likeness (QED) is 0.787. The summed E-state index contributed by atoms with van der Waals surface area (Å²) in [5.74, 6) is -1.69. The van der Waals surface area contributed by atoms with Crippen molar-refractivity contribution in [2.45, 2.75) is 19.0 Å². The number of nitrogens with zero attached hydrogens (tertiary/aromatic N) is 1.